The van der Waals surface area contributed by atoms with Crippen molar-refractivity contribution in [3.05, 3.63) is 35.8 Å². The van der Waals surface area contributed by atoms with Gasteiger partial charge < -0.3 is 18.8 Å². The molecule has 2 aromatic heterocycles. The molecule has 7 nitrogen and oxygen atoms in total. The lowest BCUT2D eigenvalue weighted by Crippen LogP contribution is -2.51. The molecule has 1 atom stereocenters. The van der Waals surface area contributed by atoms with E-state index in [1.807, 2.05) is 32.0 Å². The molecule has 1 aliphatic rings. The van der Waals surface area contributed by atoms with E-state index in [1.165, 1.54) is 0 Å². The predicted molar refractivity (Wildman–Crippen MR) is 80.1 cm³/mol. The maximum Gasteiger partial charge on any atom is 0.227 e. The Morgan fingerprint density at radius 3 is 2.95 bits per heavy atom. The van der Waals surface area contributed by atoms with E-state index in [9.17, 15) is 4.79 Å². The molecule has 0 aromatic carbocycles. The first-order valence-electron chi connectivity index (χ1n) is 7.38. The van der Waals surface area contributed by atoms with E-state index in [0.29, 0.717) is 13.0 Å². The highest BCUT2D eigenvalue weighted by Crippen LogP contribution is 2.19. The summed E-state index contributed by atoms with van der Waals surface area (Å²) in [6.45, 7) is 4.01. The first-order chi connectivity index (χ1) is 10.5. The summed E-state index contributed by atoms with van der Waals surface area (Å²) in [5.41, 5.74) is 0.900. The summed E-state index contributed by atoms with van der Waals surface area (Å²) >= 11 is 0. The van der Waals surface area contributed by atoms with Crippen LogP contribution in [0.5, 0.6) is 0 Å². The Kier molecular flexibility index (Phi) is 3.98. The van der Waals surface area contributed by atoms with Gasteiger partial charge in [0, 0.05) is 13.1 Å². The number of carbonyl (C=O) groups excluding carboxylic acids is 1. The van der Waals surface area contributed by atoms with Crippen LogP contribution in [0.2, 0.25) is 0 Å². The molecule has 118 valence electrons. The average molecular weight is 303 g/mol. The SMILES string of the molecule is Cc1nnc2n1CC(CN(C)C)N(C(=O)Cc1ccoc1)C2. The lowest BCUT2D eigenvalue weighted by Gasteiger charge is -2.37. The highest BCUT2D eigenvalue weighted by atomic mass is 16.3. The fraction of sp³-hybridized carbons (Fsp3) is 0.533. The van der Waals surface area contributed by atoms with E-state index in [4.69, 9.17) is 4.42 Å². The van der Waals surface area contributed by atoms with Crippen molar-refractivity contribution in [2.75, 3.05) is 20.6 Å². The van der Waals surface area contributed by atoms with Gasteiger partial charge in [0.2, 0.25) is 5.91 Å². The topological polar surface area (TPSA) is 67.4 Å². The number of likely N-dealkylation sites (N-methyl/N-ethyl adjacent to an activating group) is 1. The van der Waals surface area contributed by atoms with Crippen molar-refractivity contribution in [2.24, 2.45) is 0 Å². The minimum Gasteiger partial charge on any atom is -0.472 e. The maximum atomic E-state index is 12.7. The first-order valence-corrected chi connectivity index (χ1v) is 7.38. The summed E-state index contributed by atoms with van der Waals surface area (Å²) in [6.07, 6.45) is 3.57. The lowest BCUT2D eigenvalue weighted by atomic mass is 10.1. The van der Waals surface area contributed by atoms with Crippen molar-refractivity contribution in [1.82, 2.24) is 24.6 Å². The van der Waals surface area contributed by atoms with Gasteiger partial charge in [0.05, 0.1) is 31.5 Å². The molecule has 3 heterocycles. The number of carbonyl (C=O) groups is 1. The molecule has 2 aromatic rings. The normalized spacial score (nSPS) is 17.8. The smallest absolute Gasteiger partial charge is 0.227 e. The van der Waals surface area contributed by atoms with E-state index in [2.05, 4.69) is 19.7 Å². The summed E-state index contributed by atoms with van der Waals surface area (Å²) < 4.78 is 7.16. The Morgan fingerprint density at radius 1 is 1.45 bits per heavy atom. The third kappa shape index (κ3) is 2.89. The molecule has 0 fully saturated rings. The summed E-state index contributed by atoms with van der Waals surface area (Å²) in [7, 11) is 4.04. The van der Waals surface area contributed by atoms with Gasteiger partial charge in [0.15, 0.2) is 5.82 Å². The molecular weight excluding hydrogens is 282 g/mol. The van der Waals surface area contributed by atoms with Crippen LogP contribution < -0.4 is 0 Å². The third-order valence-corrected chi connectivity index (χ3v) is 3.99. The Balaban J connectivity index is 1.81. The number of nitrogens with zero attached hydrogens (tertiary/aromatic N) is 5. The number of aromatic nitrogens is 3. The quantitative estimate of drug-likeness (QED) is 0.831. The number of furan rings is 1. The van der Waals surface area contributed by atoms with Gasteiger partial charge in [-0.2, -0.15) is 0 Å². The van der Waals surface area contributed by atoms with Gasteiger partial charge in [0.1, 0.15) is 5.82 Å². The Bertz CT molecular complexity index is 647. The monoisotopic (exact) mass is 303 g/mol. The van der Waals surface area contributed by atoms with Crippen LogP contribution in [0, 0.1) is 6.92 Å². The number of fused-ring (bicyclic) bond motifs is 1. The van der Waals surface area contributed by atoms with Crippen LogP contribution in [0.1, 0.15) is 17.2 Å². The molecule has 0 saturated carbocycles. The summed E-state index contributed by atoms with van der Waals surface area (Å²) in [5.74, 6) is 1.86. The van der Waals surface area contributed by atoms with Crippen LogP contribution in [0.25, 0.3) is 0 Å². The van der Waals surface area contributed by atoms with Crippen LogP contribution in [0.3, 0.4) is 0 Å². The fourth-order valence-corrected chi connectivity index (χ4v) is 2.91. The third-order valence-electron chi connectivity index (χ3n) is 3.99. The molecule has 0 spiro atoms. The second-order valence-electron chi connectivity index (χ2n) is 6.02. The molecule has 7 heteroatoms. The molecule has 0 saturated heterocycles. The van der Waals surface area contributed by atoms with Crippen LogP contribution in [0.4, 0.5) is 0 Å². The van der Waals surface area contributed by atoms with Gasteiger partial charge in [-0.05, 0) is 32.6 Å². The minimum atomic E-state index is 0.0974. The van der Waals surface area contributed by atoms with Gasteiger partial charge in [-0.25, -0.2) is 0 Å². The molecule has 0 aliphatic carbocycles. The van der Waals surface area contributed by atoms with E-state index in [0.717, 1.165) is 30.3 Å². The zero-order valence-corrected chi connectivity index (χ0v) is 13.2. The van der Waals surface area contributed by atoms with E-state index in [1.54, 1.807) is 12.5 Å². The number of amides is 1. The highest BCUT2D eigenvalue weighted by Gasteiger charge is 2.32. The van der Waals surface area contributed by atoms with Crippen LogP contribution >= 0.6 is 0 Å². The highest BCUT2D eigenvalue weighted by molar-refractivity contribution is 5.79. The van der Waals surface area contributed by atoms with Crippen molar-refractivity contribution in [3.63, 3.8) is 0 Å². The van der Waals surface area contributed by atoms with Gasteiger partial charge >= 0.3 is 0 Å². The maximum absolute atomic E-state index is 12.7. The number of hydrogen-bond acceptors (Lipinski definition) is 5. The van der Waals surface area contributed by atoms with Gasteiger partial charge in [0.25, 0.3) is 0 Å². The molecule has 1 aliphatic heterocycles. The predicted octanol–water partition coefficient (Wildman–Crippen LogP) is 0.695. The van der Waals surface area contributed by atoms with Gasteiger partial charge in [-0.1, -0.05) is 0 Å². The van der Waals surface area contributed by atoms with Crippen LogP contribution in [0.15, 0.2) is 23.0 Å². The first kappa shape index (κ1) is 14.8. The number of aryl methyl sites for hydroxylation is 1. The van der Waals surface area contributed by atoms with Crippen molar-refractivity contribution in [2.45, 2.75) is 32.5 Å². The molecule has 1 amide bonds. The summed E-state index contributed by atoms with van der Waals surface area (Å²) in [6, 6.07) is 1.95. The Hall–Kier alpha value is -2.15. The Morgan fingerprint density at radius 2 is 2.27 bits per heavy atom. The van der Waals surface area contributed by atoms with E-state index < -0.39 is 0 Å². The van der Waals surface area contributed by atoms with Crippen molar-refractivity contribution < 1.29 is 9.21 Å². The molecule has 0 radical (unpaired) electrons. The summed E-state index contributed by atoms with van der Waals surface area (Å²) in [5, 5.41) is 8.31. The van der Waals surface area contributed by atoms with Gasteiger partial charge in [-0.3, -0.25) is 4.79 Å². The molecule has 3 rings (SSSR count). The van der Waals surface area contributed by atoms with Crippen LogP contribution in [-0.2, 0) is 24.3 Å². The molecule has 0 N–H and O–H groups in total. The Labute approximate surface area is 129 Å². The number of rotatable bonds is 4. The van der Waals surface area contributed by atoms with Gasteiger partial charge in [-0.15, -0.1) is 10.2 Å². The second-order valence-corrected chi connectivity index (χ2v) is 6.02. The fourth-order valence-electron chi connectivity index (χ4n) is 2.91. The molecule has 1 unspecified atom stereocenters. The second kappa shape index (κ2) is 5.92. The van der Waals surface area contributed by atoms with Crippen molar-refractivity contribution in [1.29, 1.82) is 0 Å². The zero-order chi connectivity index (χ0) is 15.7. The molecule has 22 heavy (non-hydrogen) atoms. The standard InChI is InChI=1S/C15H21N5O2/c1-11-16-17-14-9-20(13(7-18(2)3)8-19(11)14)15(21)6-12-4-5-22-10-12/h4-5,10,13H,6-9H2,1-3H3. The van der Waals surface area contributed by atoms with Crippen LogP contribution in [-0.4, -0.2) is 57.2 Å². The zero-order valence-electron chi connectivity index (χ0n) is 13.2. The van der Waals surface area contributed by atoms with E-state index in [-0.39, 0.29) is 11.9 Å². The van der Waals surface area contributed by atoms with Crippen molar-refractivity contribution in [3.8, 4) is 0 Å². The largest absolute Gasteiger partial charge is 0.472 e. The number of hydrogen-bond donors (Lipinski definition) is 0. The summed E-state index contributed by atoms with van der Waals surface area (Å²) in [4.78, 5) is 16.7. The molecular formula is C15H21N5O2. The lowest BCUT2D eigenvalue weighted by molar-refractivity contribution is -0.135. The average Bonchev–Trinajstić information content (AvgIpc) is 3.08. The van der Waals surface area contributed by atoms with E-state index >= 15 is 0 Å². The molecule has 0 bridgehead atoms. The van der Waals surface area contributed by atoms with Crippen molar-refractivity contribution >= 4 is 5.91 Å². The minimum absolute atomic E-state index is 0.0974.